The second-order valence-corrected chi connectivity index (χ2v) is 0. The van der Waals surface area contributed by atoms with Crippen molar-refractivity contribution < 1.29 is 40.9 Å². The summed E-state index contributed by atoms with van der Waals surface area (Å²) in [4.78, 5) is 0. The Balaban J connectivity index is 0. The molecule has 0 fully saturated rings. The molecule has 0 heterocycles. The quantitative estimate of drug-likeness (QED) is 0.408. The second kappa shape index (κ2) is 19.4. The van der Waals surface area contributed by atoms with Gasteiger partial charge in [-0.2, -0.15) is 23.4 Å². The first kappa shape index (κ1) is 35.9. The van der Waals surface area contributed by atoms with E-state index < -0.39 is 0 Å². The molecule has 32 valence electrons. The molecule has 0 aromatic carbocycles. The molecule has 2 radical (unpaired) electrons. The predicted molar refractivity (Wildman–Crippen MR) is 21.5 cm³/mol. The molecule has 0 N–H and O–H groups in total. The van der Waals surface area contributed by atoms with E-state index in [1.807, 2.05) is 0 Å². The van der Waals surface area contributed by atoms with Gasteiger partial charge in [-0.05, 0) is 0 Å². The first-order chi connectivity index (χ1) is 0. The number of hydrogen-bond acceptors (Lipinski definition) is 0. The van der Waals surface area contributed by atoms with E-state index in [-0.39, 0.29) is 64.3 Å². The summed E-state index contributed by atoms with van der Waals surface area (Å²) in [6.07, 6.45) is 0. The standard InChI is InChI=1S/Ag.H3P.H2S.V/h;1H3;1H2;. The van der Waals surface area contributed by atoms with Crippen LogP contribution in [0.2, 0.25) is 0 Å². The molecular formula is H5AgPSV. The van der Waals surface area contributed by atoms with Crippen LogP contribution >= 0.6 is 23.4 Å². The third-order valence-corrected chi connectivity index (χ3v) is 0. The molecule has 0 aliphatic rings. The van der Waals surface area contributed by atoms with Crippen LogP contribution in [0.1, 0.15) is 0 Å². The molecule has 4 heteroatoms. The Morgan fingerprint density at radius 2 is 1.00 bits per heavy atom. The number of hydrogen-bond donors (Lipinski definition) is 0. The van der Waals surface area contributed by atoms with Crippen molar-refractivity contribution in [1.82, 2.24) is 0 Å². The van der Waals surface area contributed by atoms with Crippen molar-refractivity contribution in [3.8, 4) is 0 Å². The second-order valence-electron chi connectivity index (χ2n) is 0. The fourth-order valence-electron chi connectivity index (χ4n) is 0. The van der Waals surface area contributed by atoms with Gasteiger partial charge in [-0.1, -0.05) is 0 Å². The van der Waals surface area contributed by atoms with Gasteiger partial charge < -0.3 is 0 Å². The fraction of sp³-hybridized carbons (Fsp3) is 0. The Morgan fingerprint density at radius 3 is 1.00 bits per heavy atom. The average Bonchev–Trinajstić information content (AvgIpc) is 0. The summed E-state index contributed by atoms with van der Waals surface area (Å²) in [7, 11) is 0. The molecule has 0 nitrogen and oxygen atoms in total. The molecular weight excluding hydrogens is 222 g/mol. The van der Waals surface area contributed by atoms with E-state index in [2.05, 4.69) is 0 Å². The molecule has 1 unspecified atom stereocenters. The minimum Gasteiger partial charge on any atom is -0.197 e. The van der Waals surface area contributed by atoms with Gasteiger partial charge in [-0.25, -0.2) is 0 Å². The van der Waals surface area contributed by atoms with Crippen molar-refractivity contribution in [2.24, 2.45) is 0 Å². The minimum absolute atomic E-state index is 0. The van der Waals surface area contributed by atoms with Crippen molar-refractivity contribution in [2.75, 3.05) is 0 Å². The smallest absolute Gasteiger partial charge is 0 e. The van der Waals surface area contributed by atoms with Crippen molar-refractivity contribution in [1.29, 1.82) is 0 Å². The molecule has 1 atom stereocenters. The largest absolute Gasteiger partial charge is 0.197 e. The summed E-state index contributed by atoms with van der Waals surface area (Å²) in [5.74, 6) is 0. The maximum absolute atomic E-state index is 0. The molecule has 0 aromatic heterocycles. The van der Waals surface area contributed by atoms with E-state index in [4.69, 9.17) is 0 Å². The van der Waals surface area contributed by atoms with E-state index in [1.165, 1.54) is 0 Å². The Kier molecular flexibility index (Phi) is 174. The maximum atomic E-state index is 0. The van der Waals surface area contributed by atoms with Crippen LogP contribution in [-0.4, -0.2) is 0 Å². The molecule has 0 spiro atoms. The Hall–Kier alpha value is 2.10. The Labute approximate surface area is 64.0 Å². The van der Waals surface area contributed by atoms with Crippen molar-refractivity contribution in [2.45, 2.75) is 0 Å². The van der Waals surface area contributed by atoms with Gasteiger partial charge in [0.2, 0.25) is 0 Å². The van der Waals surface area contributed by atoms with Gasteiger partial charge in [0.1, 0.15) is 0 Å². The van der Waals surface area contributed by atoms with Crippen LogP contribution in [0.15, 0.2) is 0 Å². The van der Waals surface area contributed by atoms with Gasteiger partial charge in [0.05, 0.1) is 0 Å². The van der Waals surface area contributed by atoms with Crippen molar-refractivity contribution >= 4 is 23.4 Å². The third kappa shape index (κ3) is 8.93. The molecule has 0 aliphatic carbocycles. The van der Waals surface area contributed by atoms with Gasteiger partial charge in [-0.15, -0.1) is 0 Å². The Bertz CT molecular complexity index is 8.00. The van der Waals surface area contributed by atoms with Gasteiger partial charge in [0, 0.05) is 40.9 Å². The molecule has 4 heavy (non-hydrogen) atoms. The molecule has 0 amide bonds. The zero-order valence-electron chi connectivity index (χ0n) is 1.96. The van der Waals surface area contributed by atoms with E-state index in [9.17, 15) is 0 Å². The summed E-state index contributed by atoms with van der Waals surface area (Å²) in [5, 5.41) is 0. The van der Waals surface area contributed by atoms with E-state index >= 15 is 0 Å². The van der Waals surface area contributed by atoms with E-state index in [1.54, 1.807) is 0 Å². The zero-order valence-corrected chi connectivity index (χ0v) is 7.25. The SMILES string of the molecule is P.S.[Ag].[V]. The summed E-state index contributed by atoms with van der Waals surface area (Å²) < 4.78 is 0. The van der Waals surface area contributed by atoms with E-state index in [0.29, 0.717) is 0 Å². The van der Waals surface area contributed by atoms with Crippen LogP contribution in [0.3, 0.4) is 0 Å². The fourth-order valence-corrected chi connectivity index (χ4v) is 0. The molecule has 0 bridgehead atoms. The van der Waals surface area contributed by atoms with Crippen molar-refractivity contribution in [3.63, 3.8) is 0 Å². The van der Waals surface area contributed by atoms with Crippen molar-refractivity contribution in [3.05, 3.63) is 0 Å². The average molecular weight is 227 g/mol. The van der Waals surface area contributed by atoms with Crippen LogP contribution in [0, 0.1) is 0 Å². The van der Waals surface area contributed by atoms with Crippen LogP contribution in [0.4, 0.5) is 0 Å². The van der Waals surface area contributed by atoms with Gasteiger partial charge in [0.25, 0.3) is 0 Å². The first-order valence-corrected chi connectivity index (χ1v) is 0. The topological polar surface area (TPSA) is 0 Å². The molecule has 0 aliphatic heterocycles. The van der Waals surface area contributed by atoms with Crippen LogP contribution in [0.5, 0.6) is 0 Å². The third-order valence-electron chi connectivity index (χ3n) is 0. The summed E-state index contributed by atoms with van der Waals surface area (Å²) in [6, 6.07) is 0. The zero-order chi connectivity index (χ0) is 0. The Morgan fingerprint density at radius 1 is 1.00 bits per heavy atom. The molecule has 0 saturated carbocycles. The van der Waals surface area contributed by atoms with Gasteiger partial charge in [0.15, 0.2) is 0 Å². The van der Waals surface area contributed by atoms with Gasteiger partial charge in [-0.3, -0.25) is 0 Å². The predicted octanol–water partition coefficient (Wildman–Crippen LogP) is 0.166. The molecule has 0 saturated heterocycles. The minimum atomic E-state index is 0. The monoisotopic (exact) mass is 226 g/mol. The van der Waals surface area contributed by atoms with Crippen LogP contribution in [-0.2, 0) is 40.9 Å². The first-order valence-electron chi connectivity index (χ1n) is 0. The summed E-state index contributed by atoms with van der Waals surface area (Å²) >= 11 is 0. The number of rotatable bonds is 0. The summed E-state index contributed by atoms with van der Waals surface area (Å²) in [5.41, 5.74) is 0. The normalized spacial score (nSPS) is 0. The van der Waals surface area contributed by atoms with Crippen LogP contribution < -0.4 is 0 Å². The van der Waals surface area contributed by atoms with Gasteiger partial charge >= 0.3 is 0 Å². The molecule has 0 rings (SSSR count). The molecule has 0 aromatic rings. The van der Waals surface area contributed by atoms with Crippen LogP contribution in [0.25, 0.3) is 0 Å². The summed E-state index contributed by atoms with van der Waals surface area (Å²) in [6.45, 7) is 0. The van der Waals surface area contributed by atoms with E-state index in [0.717, 1.165) is 0 Å². The maximum Gasteiger partial charge on any atom is 0 e.